The maximum absolute atomic E-state index is 6.20. The van der Waals surface area contributed by atoms with Crippen LogP contribution in [0.1, 0.15) is 45.1 Å². The summed E-state index contributed by atoms with van der Waals surface area (Å²) in [6.45, 7) is 6.62. The van der Waals surface area contributed by atoms with E-state index in [0.717, 1.165) is 37.9 Å². The summed E-state index contributed by atoms with van der Waals surface area (Å²) in [5, 5.41) is 5.36. The minimum atomic E-state index is 0.399. The highest BCUT2D eigenvalue weighted by atomic mass is 35.5. The number of unbranched alkanes of at least 4 members (excludes halogenated alkanes) is 3. The van der Waals surface area contributed by atoms with Gasteiger partial charge in [0, 0.05) is 5.02 Å². The molecule has 0 amide bonds. The molecule has 0 unspecified atom stereocenters. The summed E-state index contributed by atoms with van der Waals surface area (Å²) in [6, 6.07) is 1.67. The van der Waals surface area contributed by atoms with E-state index >= 15 is 0 Å². The Morgan fingerprint density at radius 3 is 2.24 bits per heavy atom. The number of benzene rings is 1. The summed E-state index contributed by atoms with van der Waals surface area (Å²) >= 11 is 24.4. The molecule has 0 aliphatic rings. The highest BCUT2D eigenvalue weighted by molar-refractivity contribution is 6.49. The lowest BCUT2D eigenvalue weighted by atomic mass is 10.1. The molecule has 0 spiro atoms. The van der Waals surface area contributed by atoms with Gasteiger partial charge in [0.25, 0.3) is 0 Å². The van der Waals surface area contributed by atoms with Gasteiger partial charge in [-0.1, -0.05) is 73.1 Å². The molecule has 1 aromatic rings. The molecule has 21 heavy (non-hydrogen) atoms. The maximum atomic E-state index is 6.20. The van der Waals surface area contributed by atoms with Crippen LogP contribution in [0.3, 0.4) is 0 Å². The van der Waals surface area contributed by atoms with Crippen LogP contribution < -0.4 is 5.32 Å². The van der Waals surface area contributed by atoms with E-state index in [1.807, 2.05) is 0 Å². The molecule has 0 bridgehead atoms. The Bertz CT molecular complexity index is 446. The fraction of sp³-hybridized carbons (Fsp3) is 0.625. The van der Waals surface area contributed by atoms with E-state index in [1.54, 1.807) is 6.07 Å². The summed E-state index contributed by atoms with van der Waals surface area (Å²) in [5.41, 5.74) is 0.908. The van der Waals surface area contributed by atoms with Crippen molar-refractivity contribution < 1.29 is 0 Å². The van der Waals surface area contributed by atoms with Gasteiger partial charge in [-0.15, -0.1) is 0 Å². The average Bonchev–Trinajstić information content (AvgIpc) is 2.42. The predicted molar refractivity (Wildman–Crippen MR) is 96.4 cm³/mol. The summed E-state index contributed by atoms with van der Waals surface area (Å²) in [6.07, 6.45) is 5.48. The molecule has 0 atom stereocenters. The molecule has 1 N–H and O–H groups in total. The summed E-state index contributed by atoms with van der Waals surface area (Å²) in [4.78, 5) is 0. The van der Waals surface area contributed by atoms with Gasteiger partial charge < -0.3 is 5.32 Å². The molecule has 1 nitrogen and oxygen atoms in total. The van der Waals surface area contributed by atoms with Gasteiger partial charge in [0.1, 0.15) is 0 Å². The zero-order valence-electron chi connectivity index (χ0n) is 12.6. The second-order valence-corrected chi connectivity index (χ2v) is 7.28. The van der Waals surface area contributed by atoms with Crippen LogP contribution in [0.4, 0.5) is 0 Å². The van der Waals surface area contributed by atoms with Gasteiger partial charge in [-0.2, -0.15) is 0 Å². The number of halogens is 4. The van der Waals surface area contributed by atoms with Crippen molar-refractivity contribution in [3.63, 3.8) is 0 Å². The molecule has 0 aromatic heterocycles. The Morgan fingerprint density at radius 2 is 1.57 bits per heavy atom. The SMILES string of the molecule is CC(C)CNCCCCCCc1c(Cl)cc(Cl)c(Cl)c1Cl. The van der Waals surface area contributed by atoms with Crippen molar-refractivity contribution in [1.29, 1.82) is 0 Å². The van der Waals surface area contributed by atoms with E-state index in [4.69, 9.17) is 46.4 Å². The third-order valence-corrected chi connectivity index (χ3v) is 4.93. The normalized spacial score (nSPS) is 11.4. The minimum Gasteiger partial charge on any atom is -0.316 e. The van der Waals surface area contributed by atoms with E-state index in [0.29, 0.717) is 26.0 Å². The van der Waals surface area contributed by atoms with Crippen LogP contribution >= 0.6 is 46.4 Å². The molecular formula is C16H23Cl4N. The first-order valence-electron chi connectivity index (χ1n) is 7.46. The molecule has 0 heterocycles. The molecule has 0 aliphatic carbocycles. The van der Waals surface area contributed by atoms with Gasteiger partial charge in [0.05, 0.1) is 15.1 Å². The summed E-state index contributed by atoms with van der Waals surface area (Å²) in [5.74, 6) is 0.712. The van der Waals surface area contributed by atoms with Crippen LogP contribution in [0, 0.1) is 5.92 Å². The minimum absolute atomic E-state index is 0.399. The molecule has 1 aromatic carbocycles. The standard InChI is InChI=1S/C16H23Cl4N/c1-11(2)10-21-8-6-4-3-5-7-12-13(17)9-14(18)16(20)15(12)19/h9,11,21H,3-8,10H2,1-2H3. The largest absolute Gasteiger partial charge is 0.316 e. The van der Waals surface area contributed by atoms with Crippen LogP contribution in [-0.4, -0.2) is 13.1 Å². The Labute approximate surface area is 148 Å². The van der Waals surface area contributed by atoms with Gasteiger partial charge >= 0.3 is 0 Å². The molecule has 0 fully saturated rings. The van der Waals surface area contributed by atoms with E-state index < -0.39 is 0 Å². The monoisotopic (exact) mass is 369 g/mol. The average molecular weight is 371 g/mol. The highest BCUT2D eigenvalue weighted by Gasteiger charge is 2.13. The lowest BCUT2D eigenvalue weighted by Gasteiger charge is -2.10. The van der Waals surface area contributed by atoms with Crippen LogP contribution in [-0.2, 0) is 6.42 Å². The third kappa shape index (κ3) is 6.97. The van der Waals surface area contributed by atoms with E-state index in [1.165, 1.54) is 12.8 Å². The molecule has 0 radical (unpaired) electrons. The van der Waals surface area contributed by atoms with E-state index in [-0.39, 0.29) is 0 Å². The topological polar surface area (TPSA) is 12.0 Å². The van der Waals surface area contributed by atoms with E-state index in [9.17, 15) is 0 Å². The van der Waals surface area contributed by atoms with Crippen molar-refractivity contribution in [2.24, 2.45) is 5.92 Å². The Kier molecular flexibility index (Phi) is 9.40. The van der Waals surface area contributed by atoms with Gasteiger partial charge in [-0.05, 0) is 49.9 Å². The van der Waals surface area contributed by atoms with Crippen molar-refractivity contribution in [3.05, 3.63) is 31.7 Å². The predicted octanol–water partition coefficient (Wildman–Crippen LogP) is 6.65. The van der Waals surface area contributed by atoms with Crippen molar-refractivity contribution in [1.82, 2.24) is 5.32 Å². The first kappa shape index (κ1) is 19.4. The fourth-order valence-electron chi connectivity index (χ4n) is 2.13. The van der Waals surface area contributed by atoms with Crippen molar-refractivity contribution in [2.75, 3.05) is 13.1 Å². The van der Waals surface area contributed by atoms with Crippen molar-refractivity contribution in [2.45, 2.75) is 46.0 Å². The van der Waals surface area contributed by atoms with E-state index in [2.05, 4.69) is 19.2 Å². The van der Waals surface area contributed by atoms with Crippen molar-refractivity contribution in [3.8, 4) is 0 Å². The zero-order valence-corrected chi connectivity index (χ0v) is 15.6. The van der Waals surface area contributed by atoms with Crippen LogP contribution in [0.15, 0.2) is 6.07 Å². The lowest BCUT2D eigenvalue weighted by molar-refractivity contribution is 0.526. The van der Waals surface area contributed by atoms with Crippen LogP contribution in [0.5, 0.6) is 0 Å². The molecular weight excluding hydrogens is 348 g/mol. The summed E-state index contributed by atoms with van der Waals surface area (Å²) < 4.78 is 0. The van der Waals surface area contributed by atoms with Gasteiger partial charge in [-0.3, -0.25) is 0 Å². The lowest BCUT2D eigenvalue weighted by Crippen LogP contribution is -2.20. The first-order valence-corrected chi connectivity index (χ1v) is 8.97. The first-order chi connectivity index (χ1) is 9.93. The van der Waals surface area contributed by atoms with Gasteiger partial charge in [-0.25, -0.2) is 0 Å². The Hall–Kier alpha value is 0.340. The summed E-state index contributed by atoms with van der Waals surface area (Å²) in [7, 11) is 0. The Morgan fingerprint density at radius 1 is 0.905 bits per heavy atom. The quantitative estimate of drug-likeness (QED) is 0.291. The van der Waals surface area contributed by atoms with Gasteiger partial charge in [0.2, 0.25) is 0 Å². The Balaban J connectivity index is 2.26. The molecule has 0 aliphatic heterocycles. The number of hydrogen-bond donors (Lipinski definition) is 1. The second kappa shape index (κ2) is 10.2. The van der Waals surface area contributed by atoms with Crippen LogP contribution in [0.2, 0.25) is 20.1 Å². The second-order valence-electron chi connectivity index (χ2n) is 5.71. The molecule has 0 saturated heterocycles. The number of hydrogen-bond acceptors (Lipinski definition) is 1. The van der Waals surface area contributed by atoms with Gasteiger partial charge in [0.15, 0.2) is 0 Å². The number of nitrogens with one attached hydrogen (secondary N) is 1. The smallest absolute Gasteiger partial charge is 0.0782 e. The number of rotatable bonds is 9. The molecule has 5 heteroatoms. The highest BCUT2D eigenvalue weighted by Crippen LogP contribution is 2.38. The molecule has 120 valence electrons. The molecule has 0 saturated carbocycles. The third-order valence-electron chi connectivity index (χ3n) is 3.29. The molecule has 1 rings (SSSR count). The zero-order chi connectivity index (χ0) is 15.8. The van der Waals surface area contributed by atoms with Crippen LogP contribution in [0.25, 0.3) is 0 Å². The fourth-order valence-corrected chi connectivity index (χ4v) is 3.25. The van der Waals surface area contributed by atoms with Crippen molar-refractivity contribution >= 4 is 46.4 Å². The maximum Gasteiger partial charge on any atom is 0.0782 e.